The molecule has 1 amide bonds. The molecule has 2 aromatic carbocycles. The van der Waals surface area contributed by atoms with Crippen molar-refractivity contribution in [3.05, 3.63) is 59.7 Å². The van der Waals surface area contributed by atoms with Gasteiger partial charge in [0.2, 0.25) is 0 Å². The molecule has 0 bridgehead atoms. The van der Waals surface area contributed by atoms with E-state index in [1.165, 1.54) is 10.4 Å². The summed E-state index contributed by atoms with van der Waals surface area (Å²) in [5, 5.41) is 2.99. The van der Waals surface area contributed by atoms with Crippen molar-refractivity contribution < 1.29 is 13.2 Å². The number of hydrogen-bond acceptors (Lipinski definition) is 4. The third-order valence-corrected chi connectivity index (χ3v) is 7.96. The van der Waals surface area contributed by atoms with Crippen molar-refractivity contribution in [1.29, 1.82) is 0 Å². The van der Waals surface area contributed by atoms with E-state index in [0.717, 1.165) is 50.0 Å². The average Bonchev–Trinajstić information content (AvgIpc) is 3.24. The summed E-state index contributed by atoms with van der Waals surface area (Å²) >= 11 is 0. The van der Waals surface area contributed by atoms with E-state index in [1.54, 1.807) is 18.2 Å². The fraction of sp³-hybridized carbons (Fsp3) is 0.435. The van der Waals surface area contributed by atoms with Gasteiger partial charge in [-0.3, -0.25) is 14.0 Å². The van der Waals surface area contributed by atoms with E-state index >= 15 is 0 Å². The molecule has 2 aliphatic rings. The minimum Gasteiger partial charge on any atom is -0.350 e. The molecule has 4 rings (SSSR count). The minimum atomic E-state index is -3.73. The zero-order valence-corrected chi connectivity index (χ0v) is 18.2. The Morgan fingerprint density at radius 2 is 1.93 bits per heavy atom. The van der Waals surface area contributed by atoms with Gasteiger partial charge in [-0.25, -0.2) is 8.42 Å². The molecule has 2 aliphatic heterocycles. The summed E-state index contributed by atoms with van der Waals surface area (Å²) in [4.78, 5) is 15.2. The first-order chi connectivity index (χ1) is 14.5. The number of rotatable bonds is 6. The largest absolute Gasteiger partial charge is 0.350 e. The number of hydrogen-bond donors (Lipinski definition) is 1. The van der Waals surface area contributed by atoms with Crippen LogP contribution in [-0.2, 0) is 16.4 Å². The van der Waals surface area contributed by atoms with Crippen molar-refractivity contribution in [1.82, 2.24) is 10.2 Å². The Labute approximate surface area is 178 Å². The quantitative estimate of drug-likeness (QED) is 0.769. The smallest absolute Gasteiger partial charge is 0.264 e. The van der Waals surface area contributed by atoms with Gasteiger partial charge in [0.05, 0.1) is 10.6 Å². The molecule has 1 unspecified atom stereocenters. The topological polar surface area (TPSA) is 69.7 Å². The number of likely N-dealkylation sites (N-methyl/N-ethyl adjacent to an activating group) is 1. The summed E-state index contributed by atoms with van der Waals surface area (Å²) in [5.74, 6) is -0.228. The summed E-state index contributed by atoms with van der Waals surface area (Å²) in [6, 6.07) is 14.4. The Balaban J connectivity index is 1.52. The number of sulfonamides is 1. The molecule has 30 heavy (non-hydrogen) atoms. The third kappa shape index (κ3) is 4.09. The van der Waals surface area contributed by atoms with Crippen LogP contribution in [0.5, 0.6) is 0 Å². The number of para-hydroxylation sites is 1. The lowest BCUT2D eigenvalue weighted by molar-refractivity contribution is 0.0941. The monoisotopic (exact) mass is 427 g/mol. The van der Waals surface area contributed by atoms with E-state index in [4.69, 9.17) is 0 Å². The first kappa shape index (κ1) is 20.9. The van der Waals surface area contributed by atoms with Crippen LogP contribution in [-0.4, -0.2) is 51.4 Å². The zero-order valence-electron chi connectivity index (χ0n) is 17.4. The molecule has 1 saturated heterocycles. The van der Waals surface area contributed by atoms with Crippen molar-refractivity contribution >= 4 is 21.6 Å². The molecule has 0 aromatic heterocycles. The minimum absolute atomic E-state index is 0.155. The predicted octanol–water partition coefficient (Wildman–Crippen LogP) is 3.04. The van der Waals surface area contributed by atoms with E-state index in [9.17, 15) is 13.2 Å². The van der Waals surface area contributed by atoms with Gasteiger partial charge in [-0.2, -0.15) is 0 Å². The molecule has 0 radical (unpaired) electrons. The maximum absolute atomic E-state index is 13.4. The molecule has 0 saturated carbocycles. The molecule has 1 atom stereocenters. The van der Waals surface area contributed by atoms with Crippen LogP contribution < -0.4 is 9.62 Å². The zero-order chi connectivity index (χ0) is 21.1. The molecular formula is C23H29N3O3S. The molecule has 0 spiro atoms. The molecule has 6 nitrogen and oxygen atoms in total. The Kier molecular flexibility index (Phi) is 6.11. The standard InChI is InChI=1S/C23H29N3O3S/c1-2-25-14-7-11-20(25)17-24-23(27)19-9-5-12-21(16-19)30(28,29)26-15-6-10-18-8-3-4-13-22(18)26/h3-5,8-9,12-13,16,20H,2,6-7,10-11,14-15,17H2,1H3,(H,24,27). The van der Waals surface area contributed by atoms with Crippen LogP contribution in [0.15, 0.2) is 53.4 Å². The Morgan fingerprint density at radius 1 is 1.10 bits per heavy atom. The van der Waals surface area contributed by atoms with Gasteiger partial charge >= 0.3 is 0 Å². The number of nitrogens with zero attached hydrogens (tertiary/aromatic N) is 2. The van der Waals surface area contributed by atoms with Gasteiger partial charge in [0.15, 0.2) is 0 Å². The van der Waals surface area contributed by atoms with Gasteiger partial charge in [0, 0.05) is 24.7 Å². The van der Waals surface area contributed by atoms with Crippen LogP contribution in [0.4, 0.5) is 5.69 Å². The number of carbonyl (C=O) groups is 1. The second kappa shape index (κ2) is 8.78. The Morgan fingerprint density at radius 3 is 2.77 bits per heavy atom. The highest BCUT2D eigenvalue weighted by Crippen LogP contribution is 2.32. The molecule has 1 N–H and O–H groups in total. The average molecular weight is 428 g/mol. The van der Waals surface area contributed by atoms with Crippen molar-refractivity contribution in [2.75, 3.05) is 30.5 Å². The molecule has 1 fully saturated rings. The van der Waals surface area contributed by atoms with Crippen LogP contribution >= 0.6 is 0 Å². The van der Waals surface area contributed by atoms with Crippen molar-refractivity contribution in [2.24, 2.45) is 0 Å². The van der Waals surface area contributed by atoms with E-state index in [0.29, 0.717) is 24.7 Å². The van der Waals surface area contributed by atoms with Crippen LogP contribution in [0.2, 0.25) is 0 Å². The van der Waals surface area contributed by atoms with Gasteiger partial charge in [-0.15, -0.1) is 0 Å². The van der Waals surface area contributed by atoms with Crippen LogP contribution in [0.3, 0.4) is 0 Å². The molecule has 2 heterocycles. The molecule has 7 heteroatoms. The van der Waals surface area contributed by atoms with Crippen molar-refractivity contribution in [3.63, 3.8) is 0 Å². The summed E-state index contributed by atoms with van der Waals surface area (Å²) in [7, 11) is -3.73. The number of likely N-dealkylation sites (tertiary alicyclic amines) is 1. The molecular weight excluding hydrogens is 398 g/mol. The lowest BCUT2D eigenvalue weighted by Crippen LogP contribution is -2.40. The summed E-state index contributed by atoms with van der Waals surface area (Å²) in [5.41, 5.74) is 2.15. The Bertz CT molecular complexity index is 1020. The summed E-state index contributed by atoms with van der Waals surface area (Å²) in [6.07, 6.45) is 3.89. The van der Waals surface area contributed by atoms with E-state index in [2.05, 4.69) is 17.1 Å². The van der Waals surface area contributed by atoms with Crippen LogP contribution in [0.1, 0.15) is 42.1 Å². The van der Waals surface area contributed by atoms with Gasteiger partial charge in [-0.1, -0.05) is 31.2 Å². The lowest BCUT2D eigenvalue weighted by atomic mass is 10.0. The third-order valence-electron chi connectivity index (χ3n) is 6.16. The van der Waals surface area contributed by atoms with E-state index < -0.39 is 10.0 Å². The summed E-state index contributed by atoms with van der Waals surface area (Å²) < 4.78 is 28.2. The van der Waals surface area contributed by atoms with Gasteiger partial charge in [-0.05, 0) is 68.6 Å². The van der Waals surface area contributed by atoms with Gasteiger partial charge in [0.1, 0.15) is 0 Å². The van der Waals surface area contributed by atoms with Crippen LogP contribution in [0.25, 0.3) is 0 Å². The van der Waals surface area contributed by atoms with Crippen LogP contribution in [0, 0.1) is 0 Å². The predicted molar refractivity (Wildman–Crippen MR) is 118 cm³/mol. The second-order valence-electron chi connectivity index (χ2n) is 7.97. The van der Waals surface area contributed by atoms with Crippen molar-refractivity contribution in [3.8, 4) is 0 Å². The normalized spacial score (nSPS) is 19.5. The summed E-state index contributed by atoms with van der Waals surface area (Å²) in [6.45, 7) is 5.22. The molecule has 160 valence electrons. The van der Waals surface area contributed by atoms with Crippen molar-refractivity contribution in [2.45, 2.75) is 43.5 Å². The van der Waals surface area contributed by atoms with Gasteiger partial charge < -0.3 is 5.32 Å². The highest BCUT2D eigenvalue weighted by atomic mass is 32.2. The first-order valence-electron chi connectivity index (χ1n) is 10.7. The highest BCUT2D eigenvalue weighted by Gasteiger charge is 2.29. The Hall–Kier alpha value is -2.38. The lowest BCUT2D eigenvalue weighted by Gasteiger charge is -2.30. The fourth-order valence-corrected chi connectivity index (χ4v) is 6.12. The SMILES string of the molecule is CCN1CCCC1CNC(=O)c1cccc(S(=O)(=O)N2CCCc3ccccc32)c1. The highest BCUT2D eigenvalue weighted by molar-refractivity contribution is 7.92. The number of fused-ring (bicyclic) bond motifs is 1. The molecule has 0 aliphatic carbocycles. The first-order valence-corrected chi connectivity index (χ1v) is 12.2. The second-order valence-corrected chi connectivity index (χ2v) is 9.83. The van der Waals surface area contributed by atoms with E-state index in [1.807, 2.05) is 24.3 Å². The number of benzene rings is 2. The van der Waals surface area contributed by atoms with Gasteiger partial charge in [0.25, 0.3) is 15.9 Å². The fourth-order valence-electron chi connectivity index (χ4n) is 4.53. The number of aryl methyl sites for hydroxylation is 1. The number of nitrogens with one attached hydrogen (secondary N) is 1. The molecule has 2 aromatic rings. The maximum atomic E-state index is 13.4. The number of carbonyl (C=O) groups excluding carboxylic acids is 1. The van der Waals surface area contributed by atoms with E-state index in [-0.39, 0.29) is 10.8 Å². The maximum Gasteiger partial charge on any atom is 0.264 e. The number of anilines is 1. The number of amides is 1.